The molecule has 1 N–H and O–H groups in total. The van der Waals surface area contributed by atoms with Crippen LogP contribution in [-0.2, 0) is 14.8 Å². The minimum absolute atomic E-state index is 0.120. The molecule has 9 nitrogen and oxygen atoms in total. The lowest BCUT2D eigenvalue weighted by Crippen LogP contribution is -2.44. The average molecular weight is 392 g/mol. The smallest absolute Gasteiger partial charge is 0.228 e. The standard InChI is InChI=1S/C17H24N6O3S/c1-3-9-27(25,26)22-8-4-5-14(11-22)17(24)19-15-7-6-13(2)16(10-15)23-12-18-20-21-23/h6-7,10,12,14H,3-5,8-9,11H2,1-2H3,(H,19,24)/t14-/m0/s1. The fourth-order valence-corrected chi connectivity index (χ4v) is 4.83. The molecule has 1 aromatic carbocycles. The predicted octanol–water partition coefficient (Wildman–Crippen LogP) is 1.36. The Balaban J connectivity index is 1.71. The number of benzene rings is 1. The summed E-state index contributed by atoms with van der Waals surface area (Å²) in [5.41, 5.74) is 2.37. The van der Waals surface area contributed by atoms with Gasteiger partial charge in [0.15, 0.2) is 0 Å². The van der Waals surface area contributed by atoms with Crippen LogP contribution in [0.5, 0.6) is 0 Å². The molecule has 10 heteroatoms. The maximum Gasteiger partial charge on any atom is 0.228 e. The third kappa shape index (κ3) is 4.51. The van der Waals surface area contributed by atoms with Gasteiger partial charge in [-0.05, 0) is 54.3 Å². The van der Waals surface area contributed by atoms with Crippen molar-refractivity contribution in [1.29, 1.82) is 0 Å². The average Bonchev–Trinajstić information content (AvgIpc) is 3.18. The second-order valence-electron chi connectivity index (χ2n) is 6.76. The molecule has 2 aromatic rings. The topological polar surface area (TPSA) is 110 Å². The molecule has 0 bridgehead atoms. The highest BCUT2D eigenvalue weighted by molar-refractivity contribution is 7.89. The van der Waals surface area contributed by atoms with E-state index in [0.29, 0.717) is 31.5 Å². The van der Waals surface area contributed by atoms with E-state index in [9.17, 15) is 13.2 Å². The summed E-state index contributed by atoms with van der Waals surface area (Å²) in [7, 11) is -3.29. The number of hydrogen-bond donors (Lipinski definition) is 1. The van der Waals surface area contributed by atoms with Gasteiger partial charge in [-0.1, -0.05) is 13.0 Å². The normalized spacial score (nSPS) is 18.4. The first-order valence-corrected chi connectivity index (χ1v) is 10.6. The first kappa shape index (κ1) is 19.4. The number of carbonyl (C=O) groups is 1. The fourth-order valence-electron chi connectivity index (χ4n) is 3.25. The number of nitrogens with zero attached hydrogens (tertiary/aromatic N) is 5. The van der Waals surface area contributed by atoms with E-state index in [-0.39, 0.29) is 24.1 Å². The van der Waals surface area contributed by atoms with Gasteiger partial charge >= 0.3 is 0 Å². The molecule has 1 aliphatic heterocycles. The molecule has 0 radical (unpaired) electrons. The van der Waals surface area contributed by atoms with Gasteiger partial charge in [0, 0.05) is 18.8 Å². The van der Waals surface area contributed by atoms with Crippen molar-refractivity contribution in [2.75, 3.05) is 24.2 Å². The summed E-state index contributed by atoms with van der Waals surface area (Å²) in [6.45, 7) is 4.49. The summed E-state index contributed by atoms with van der Waals surface area (Å²) in [6.07, 6.45) is 3.42. The number of tetrazole rings is 1. The largest absolute Gasteiger partial charge is 0.326 e. The Morgan fingerprint density at radius 1 is 1.37 bits per heavy atom. The van der Waals surface area contributed by atoms with Gasteiger partial charge in [0.2, 0.25) is 15.9 Å². The van der Waals surface area contributed by atoms with Crippen molar-refractivity contribution in [3.8, 4) is 5.69 Å². The molecule has 1 aliphatic rings. The van der Waals surface area contributed by atoms with Gasteiger partial charge in [-0.2, -0.15) is 0 Å². The van der Waals surface area contributed by atoms with Crippen molar-refractivity contribution in [3.05, 3.63) is 30.1 Å². The fraction of sp³-hybridized carbons (Fsp3) is 0.529. The number of nitrogens with one attached hydrogen (secondary N) is 1. The highest BCUT2D eigenvalue weighted by atomic mass is 32.2. The van der Waals surface area contributed by atoms with E-state index in [1.807, 2.05) is 26.0 Å². The molecule has 1 fully saturated rings. The molecule has 0 saturated carbocycles. The van der Waals surface area contributed by atoms with Crippen LogP contribution in [0.25, 0.3) is 5.69 Å². The SMILES string of the molecule is CCCS(=O)(=O)N1CCC[C@H](C(=O)Nc2ccc(C)c(-n3cnnn3)c2)C1. The van der Waals surface area contributed by atoms with Gasteiger partial charge in [-0.25, -0.2) is 17.4 Å². The minimum Gasteiger partial charge on any atom is -0.326 e. The van der Waals surface area contributed by atoms with Gasteiger partial charge in [0.1, 0.15) is 6.33 Å². The van der Waals surface area contributed by atoms with Gasteiger partial charge in [0.25, 0.3) is 0 Å². The Kier molecular flexibility index (Phi) is 5.85. The van der Waals surface area contributed by atoms with Gasteiger partial charge in [0.05, 0.1) is 17.4 Å². The third-order valence-corrected chi connectivity index (χ3v) is 6.73. The Morgan fingerprint density at radius 3 is 2.89 bits per heavy atom. The van der Waals surface area contributed by atoms with Crippen LogP contribution in [0.3, 0.4) is 0 Å². The zero-order valence-corrected chi connectivity index (χ0v) is 16.3. The van der Waals surface area contributed by atoms with Crippen LogP contribution >= 0.6 is 0 Å². The third-order valence-electron chi connectivity index (χ3n) is 4.68. The van der Waals surface area contributed by atoms with Crippen LogP contribution in [-0.4, -0.2) is 57.7 Å². The highest BCUT2D eigenvalue weighted by Crippen LogP contribution is 2.23. The van der Waals surface area contributed by atoms with E-state index < -0.39 is 10.0 Å². The summed E-state index contributed by atoms with van der Waals surface area (Å²) >= 11 is 0. The first-order valence-electron chi connectivity index (χ1n) is 9.03. The highest BCUT2D eigenvalue weighted by Gasteiger charge is 2.31. The van der Waals surface area contributed by atoms with Crippen LogP contribution in [0.2, 0.25) is 0 Å². The van der Waals surface area contributed by atoms with Crippen LogP contribution in [0.4, 0.5) is 5.69 Å². The van der Waals surface area contributed by atoms with Gasteiger partial charge in [-0.3, -0.25) is 4.79 Å². The Hall–Kier alpha value is -2.33. The van der Waals surface area contributed by atoms with E-state index in [1.165, 1.54) is 15.3 Å². The van der Waals surface area contributed by atoms with E-state index in [2.05, 4.69) is 20.8 Å². The number of aryl methyl sites for hydroxylation is 1. The van der Waals surface area contributed by atoms with Crippen LogP contribution in [0.1, 0.15) is 31.7 Å². The molecule has 27 heavy (non-hydrogen) atoms. The van der Waals surface area contributed by atoms with E-state index in [1.54, 1.807) is 6.07 Å². The molecular weight excluding hydrogens is 368 g/mol. The lowest BCUT2D eigenvalue weighted by atomic mass is 9.98. The van der Waals surface area contributed by atoms with Crippen molar-refractivity contribution < 1.29 is 13.2 Å². The lowest BCUT2D eigenvalue weighted by Gasteiger charge is -2.31. The molecule has 1 amide bonds. The Morgan fingerprint density at radius 2 is 2.19 bits per heavy atom. The molecule has 1 aromatic heterocycles. The van der Waals surface area contributed by atoms with Gasteiger partial charge in [-0.15, -0.1) is 5.10 Å². The number of amides is 1. The second-order valence-corrected chi connectivity index (χ2v) is 8.85. The van der Waals surface area contributed by atoms with Crippen molar-refractivity contribution in [2.45, 2.75) is 33.1 Å². The molecule has 1 atom stereocenters. The van der Waals surface area contributed by atoms with Crippen molar-refractivity contribution >= 4 is 21.6 Å². The summed E-state index contributed by atoms with van der Waals surface area (Å²) in [5, 5.41) is 14.0. The summed E-state index contributed by atoms with van der Waals surface area (Å²) in [6, 6.07) is 5.50. The number of piperidine rings is 1. The Labute approximate surface area is 158 Å². The second kappa shape index (κ2) is 8.13. The number of sulfonamides is 1. The summed E-state index contributed by atoms with van der Waals surface area (Å²) < 4.78 is 27.6. The van der Waals surface area contributed by atoms with E-state index in [4.69, 9.17) is 0 Å². The number of rotatable bonds is 6. The number of carbonyl (C=O) groups excluding carboxylic acids is 1. The number of anilines is 1. The number of aromatic nitrogens is 4. The van der Waals surface area contributed by atoms with Gasteiger partial charge < -0.3 is 5.32 Å². The lowest BCUT2D eigenvalue weighted by molar-refractivity contribution is -0.120. The van der Waals surface area contributed by atoms with Crippen molar-refractivity contribution in [2.24, 2.45) is 5.92 Å². The zero-order chi connectivity index (χ0) is 19.4. The van der Waals surface area contributed by atoms with E-state index >= 15 is 0 Å². The molecule has 2 heterocycles. The monoisotopic (exact) mass is 392 g/mol. The quantitative estimate of drug-likeness (QED) is 0.795. The predicted molar refractivity (Wildman–Crippen MR) is 101 cm³/mol. The molecule has 146 valence electrons. The first-order chi connectivity index (χ1) is 12.9. The maximum atomic E-state index is 12.7. The van der Waals surface area contributed by atoms with Crippen molar-refractivity contribution in [3.63, 3.8) is 0 Å². The zero-order valence-electron chi connectivity index (χ0n) is 15.5. The van der Waals surface area contributed by atoms with Crippen molar-refractivity contribution in [1.82, 2.24) is 24.5 Å². The van der Waals surface area contributed by atoms with Crippen LogP contribution in [0, 0.1) is 12.8 Å². The molecule has 0 spiro atoms. The van der Waals surface area contributed by atoms with Crippen LogP contribution in [0.15, 0.2) is 24.5 Å². The molecule has 0 unspecified atom stereocenters. The summed E-state index contributed by atoms with van der Waals surface area (Å²) in [4.78, 5) is 12.7. The van der Waals surface area contributed by atoms with Crippen LogP contribution < -0.4 is 5.32 Å². The number of hydrogen-bond acceptors (Lipinski definition) is 6. The Bertz CT molecular complexity index is 897. The minimum atomic E-state index is -3.29. The molecular formula is C17H24N6O3S. The molecule has 1 saturated heterocycles. The summed E-state index contributed by atoms with van der Waals surface area (Å²) in [5.74, 6) is -0.407. The molecule has 0 aliphatic carbocycles. The molecule has 3 rings (SSSR count). The van der Waals surface area contributed by atoms with E-state index in [0.717, 1.165) is 11.3 Å². The maximum absolute atomic E-state index is 12.7.